The first-order chi connectivity index (χ1) is 7.72. The minimum absolute atomic E-state index is 0.0107. The molecule has 0 amide bonds. The van der Waals surface area contributed by atoms with Gasteiger partial charge in [-0.1, -0.05) is 15.9 Å². The van der Waals surface area contributed by atoms with Crippen LogP contribution in [0.25, 0.3) is 0 Å². The van der Waals surface area contributed by atoms with Crippen LogP contribution < -0.4 is 4.74 Å². The molecule has 1 aromatic carbocycles. The average molecular weight is 285 g/mol. The number of hydrogen-bond donors (Lipinski definition) is 0. The van der Waals surface area contributed by atoms with Crippen molar-refractivity contribution in [3.05, 3.63) is 28.2 Å². The van der Waals surface area contributed by atoms with Gasteiger partial charge in [0.25, 0.3) is 0 Å². The Morgan fingerprint density at radius 1 is 1.56 bits per heavy atom. The van der Waals surface area contributed by atoms with Gasteiger partial charge in [0.15, 0.2) is 5.78 Å². The minimum Gasteiger partial charge on any atom is -0.497 e. The van der Waals surface area contributed by atoms with E-state index in [-0.39, 0.29) is 11.7 Å². The Morgan fingerprint density at radius 3 is 3.00 bits per heavy atom. The Kier molecular flexibility index (Phi) is 3.61. The number of hydrogen-bond acceptors (Lipinski definition) is 3. The van der Waals surface area contributed by atoms with Crippen LogP contribution in [0.15, 0.2) is 22.7 Å². The highest BCUT2D eigenvalue weighted by molar-refractivity contribution is 9.10. The summed E-state index contributed by atoms with van der Waals surface area (Å²) in [5.41, 5.74) is 0.676. The molecule has 3 nitrogen and oxygen atoms in total. The monoisotopic (exact) mass is 284 g/mol. The van der Waals surface area contributed by atoms with E-state index < -0.39 is 0 Å². The number of benzene rings is 1. The van der Waals surface area contributed by atoms with Crippen LogP contribution in [-0.4, -0.2) is 26.1 Å². The van der Waals surface area contributed by atoms with Crippen molar-refractivity contribution in [3.8, 4) is 5.75 Å². The molecule has 0 spiro atoms. The number of ether oxygens (including phenoxy) is 2. The molecule has 1 fully saturated rings. The van der Waals surface area contributed by atoms with E-state index in [9.17, 15) is 4.79 Å². The highest BCUT2D eigenvalue weighted by atomic mass is 79.9. The first-order valence-corrected chi connectivity index (χ1v) is 5.97. The molecule has 4 heteroatoms. The Labute approximate surface area is 103 Å². The van der Waals surface area contributed by atoms with E-state index in [2.05, 4.69) is 15.9 Å². The molecule has 0 radical (unpaired) electrons. The van der Waals surface area contributed by atoms with Crippen molar-refractivity contribution in [1.82, 2.24) is 0 Å². The molecule has 0 aromatic heterocycles. The van der Waals surface area contributed by atoms with E-state index in [1.165, 1.54) is 0 Å². The molecule has 16 heavy (non-hydrogen) atoms. The van der Waals surface area contributed by atoms with Gasteiger partial charge in [-0.3, -0.25) is 4.79 Å². The lowest BCUT2D eigenvalue weighted by Gasteiger charge is -2.10. The van der Waals surface area contributed by atoms with Gasteiger partial charge in [0.2, 0.25) is 0 Å². The molecule has 86 valence electrons. The number of carbonyl (C=O) groups is 1. The van der Waals surface area contributed by atoms with Gasteiger partial charge < -0.3 is 9.47 Å². The summed E-state index contributed by atoms with van der Waals surface area (Å²) >= 11 is 3.39. The summed E-state index contributed by atoms with van der Waals surface area (Å²) in [7, 11) is 1.59. The predicted octanol–water partition coefficient (Wildman–Crippen LogP) is 2.68. The quantitative estimate of drug-likeness (QED) is 0.801. The number of Topliss-reactive ketones (excluding diaryl/α,β-unsaturated/α-hetero) is 1. The highest BCUT2D eigenvalue weighted by Gasteiger charge is 2.26. The Morgan fingerprint density at radius 2 is 2.38 bits per heavy atom. The van der Waals surface area contributed by atoms with E-state index in [1.807, 2.05) is 12.1 Å². The number of ketones is 1. The maximum Gasteiger partial charge on any atom is 0.169 e. The SMILES string of the molecule is COc1ccc(Br)c(C(=O)C2CCOC2)c1. The van der Waals surface area contributed by atoms with Gasteiger partial charge in [0.1, 0.15) is 5.75 Å². The third-order valence-electron chi connectivity index (χ3n) is 2.74. The predicted molar refractivity (Wildman–Crippen MR) is 64.0 cm³/mol. The molecule has 1 aliphatic rings. The molecule has 0 N–H and O–H groups in total. The fraction of sp³-hybridized carbons (Fsp3) is 0.417. The van der Waals surface area contributed by atoms with Crippen molar-refractivity contribution in [1.29, 1.82) is 0 Å². The molecule has 1 aromatic rings. The Bertz CT molecular complexity index is 397. The second kappa shape index (κ2) is 4.97. The third kappa shape index (κ3) is 2.28. The third-order valence-corrected chi connectivity index (χ3v) is 3.43. The topological polar surface area (TPSA) is 35.5 Å². The number of halogens is 1. The number of rotatable bonds is 3. The smallest absolute Gasteiger partial charge is 0.169 e. The van der Waals surface area contributed by atoms with Crippen molar-refractivity contribution < 1.29 is 14.3 Å². The van der Waals surface area contributed by atoms with Crippen molar-refractivity contribution >= 4 is 21.7 Å². The summed E-state index contributed by atoms with van der Waals surface area (Å²) in [4.78, 5) is 12.2. The molecule has 0 saturated carbocycles. The molecular weight excluding hydrogens is 272 g/mol. The van der Waals surface area contributed by atoms with Crippen LogP contribution in [0.3, 0.4) is 0 Å². The summed E-state index contributed by atoms with van der Waals surface area (Å²) in [6.07, 6.45) is 0.808. The van der Waals surface area contributed by atoms with Gasteiger partial charge in [-0.25, -0.2) is 0 Å². The zero-order valence-electron chi connectivity index (χ0n) is 9.03. The normalized spacial score (nSPS) is 19.8. The largest absolute Gasteiger partial charge is 0.497 e. The zero-order chi connectivity index (χ0) is 11.5. The van der Waals surface area contributed by atoms with E-state index in [0.717, 1.165) is 10.9 Å². The van der Waals surface area contributed by atoms with Crippen molar-refractivity contribution in [2.75, 3.05) is 20.3 Å². The average Bonchev–Trinajstić information content (AvgIpc) is 2.82. The lowest BCUT2D eigenvalue weighted by atomic mass is 9.97. The van der Waals surface area contributed by atoms with Crippen LogP contribution in [0, 0.1) is 5.92 Å². The molecular formula is C12H13BrO3. The molecule has 1 unspecified atom stereocenters. The van der Waals surface area contributed by atoms with Crippen molar-refractivity contribution in [2.24, 2.45) is 5.92 Å². The van der Waals surface area contributed by atoms with E-state index >= 15 is 0 Å². The van der Waals surface area contributed by atoms with E-state index in [1.54, 1.807) is 13.2 Å². The summed E-state index contributed by atoms with van der Waals surface area (Å²) in [5, 5.41) is 0. The van der Waals surface area contributed by atoms with E-state index in [4.69, 9.17) is 9.47 Å². The maximum atomic E-state index is 12.2. The summed E-state index contributed by atoms with van der Waals surface area (Å²) in [5.74, 6) is 0.817. The minimum atomic E-state index is -0.0107. The lowest BCUT2D eigenvalue weighted by molar-refractivity contribution is 0.0899. The zero-order valence-corrected chi connectivity index (χ0v) is 10.6. The maximum absolute atomic E-state index is 12.2. The summed E-state index contributed by atoms with van der Waals surface area (Å²) in [6.45, 7) is 1.21. The second-order valence-corrected chi connectivity index (χ2v) is 4.62. The molecule has 1 aliphatic heterocycles. The van der Waals surface area contributed by atoms with Crippen LogP contribution >= 0.6 is 15.9 Å². The van der Waals surface area contributed by atoms with Crippen LogP contribution in [-0.2, 0) is 4.74 Å². The molecule has 1 atom stereocenters. The van der Waals surface area contributed by atoms with E-state index in [0.29, 0.717) is 24.5 Å². The summed E-state index contributed by atoms with van der Waals surface area (Å²) in [6, 6.07) is 5.43. The van der Waals surface area contributed by atoms with Gasteiger partial charge in [-0.15, -0.1) is 0 Å². The summed E-state index contributed by atoms with van der Waals surface area (Å²) < 4.78 is 11.2. The van der Waals surface area contributed by atoms with Crippen molar-refractivity contribution in [3.63, 3.8) is 0 Å². The number of methoxy groups -OCH3 is 1. The first kappa shape index (κ1) is 11.6. The molecule has 2 rings (SSSR count). The van der Waals surface area contributed by atoms with Crippen LogP contribution in [0.5, 0.6) is 5.75 Å². The molecule has 1 saturated heterocycles. The fourth-order valence-electron chi connectivity index (χ4n) is 1.78. The van der Waals surface area contributed by atoms with Crippen LogP contribution in [0.1, 0.15) is 16.8 Å². The first-order valence-electron chi connectivity index (χ1n) is 5.18. The van der Waals surface area contributed by atoms with Gasteiger partial charge in [0, 0.05) is 22.6 Å². The van der Waals surface area contributed by atoms with Gasteiger partial charge in [-0.05, 0) is 24.6 Å². The van der Waals surface area contributed by atoms with Gasteiger partial charge in [0.05, 0.1) is 13.7 Å². The Balaban J connectivity index is 2.27. The molecule has 0 aliphatic carbocycles. The molecule has 0 bridgehead atoms. The Hall–Kier alpha value is -0.870. The lowest BCUT2D eigenvalue weighted by Crippen LogP contribution is -2.15. The van der Waals surface area contributed by atoms with Gasteiger partial charge >= 0.3 is 0 Å². The van der Waals surface area contributed by atoms with Crippen molar-refractivity contribution in [2.45, 2.75) is 6.42 Å². The number of carbonyl (C=O) groups excluding carboxylic acids is 1. The standard InChI is InChI=1S/C12H13BrO3/c1-15-9-2-3-11(13)10(6-9)12(14)8-4-5-16-7-8/h2-3,6,8H,4-5,7H2,1H3. The fourth-order valence-corrected chi connectivity index (χ4v) is 2.22. The van der Waals surface area contributed by atoms with Gasteiger partial charge in [-0.2, -0.15) is 0 Å². The van der Waals surface area contributed by atoms with Crippen LogP contribution in [0.4, 0.5) is 0 Å². The second-order valence-electron chi connectivity index (χ2n) is 3.77. The molecule has 1 heterocycles. The van der Waals surface area contributed by atoms with Crippen LogP contribution in [0.2, 0.25) is 0 Å². The highest BCUT2D eigenvalue weighted by Crippen LogP contribution is 2.27.